The minimum absolute atomic E-state index is 1.01. The predicted octanol–water partition coefficient (Wildman–Crippen LogP) is 2.37. The SMILES string of the molecule is Cc1ccoc1C.O=P. The molecule has 0 N–H and O–H groups in total. The van der Waals surface area contributed by atoms with Crippen LogP contribution in [0.5, 0.6) is 0 Å². The number of aryl methyl sites for hydroxylation is 2. The number of furan rings is 1. The molecular formula is C6H9O2P. The molecule has 0 spiro atoms. The molecule has 1 heterocycles. The summed E-state index contributed by atoms with van der Waals surface area (Å²) in [5.41, 5.74) is 1.22. The van der Waals surface area contributed by atoms with E-state index in [-0.39, 0.29) is 0 Å². The van der Waals surface area contributed by atoms with Crippen molar-refractivity contribution in [2.24, 2.45) is 0 Å². The molecule has 0 unspecified atom stereocenters. The molecule has 0 amide bonds. The zero-order valence-corrected chi connectivity index (χ0v) is 6.47. The predicted molar refractivity (Wildman–Crippen MR) is 37.2 cm³/mol. The fourth-order valence-corrected chi connectivity index (χ4v) is 0.448. The van der Waals surface area contributed by atoms with Gasteiger partial charge in [0.25, 0.3) is 0 Å². The first-order valence-corrected chi connectivity index (χ1v) is 2.92. The van der Waals surface area contributed by atoms with Crippen molar-refractivity contribution in [2.45, 2.75) is 13.8 Å². The van der Waals surface area contributed by atoms with E-state index in [1.54, 1.807) is 15.4 Å². The number of hydrogen-bond donors (Lipinski definition) is 0. The summed E-state index contributed by atoms with van der Waals surface area (Å²) in [5.74, 6) is 1.01. The van der Waals surface area contributed by atoms with Gasteiger partial charge in [0.1, 0.15) is 14.9 Å². The average molecular weight is 144 g/mol. The van der Waals surface area contributed by atoms with E-state index >= 15 is 0 Å². The smallest absolute Gasteiger partial charge is 0.138 e. The molecule has 3 heteroatoms. The van der Waals surface area contributed by atoms with Gasteiger partial charge in [0, 0.05) is 0 Å². The minimum atomic E-state index is 1.01. The van der Waals surface area contributed by atoms with Crippen LogP contribution < -0.4 is 0 Å². The van der Waals surface area contributed by atoms with E-state index in [1.165, 1.54) is 5.56 Å². The Bertz CT molecular complexity index is 155. The molecule has 0 saturated heterocycles. The highest BCUT2D eigenvalue weighted by molar-refractivity contribution is 7.00. The summed E-state index contributed by atoms with van der Waals surface area (Å²) in [4.78, 5) is 0. The molecule has 0 fully saturated rings. The second kappa shape index (κ2) is 4.28. The molecule has 0 aliphatic rings. The van der Waals surface area contributed by atoms with Gasteiger partial charge in [-0.1, -0.05) is 0 Å². The Balaban J connectivity index is 0.000000291. The number of hydrogen-bond acceptors (Lipinski definition) is 2. The standard InChI is InChI=1S/C6H8O.HOP/c1-5-3-4-7-6(5)2;1-2/h3-4H,1-2H3;2H. The lowest BCUT2D eigenvalue weighted by Crippen LogP contribution is -1.63. The van der Waals surface area contributed by atoms with Gasteiger partial charge in [0.2, 0.25) is 0 Å². The van der Waals surface area contributed by atoms with E-state index in [4.69, 9.17) is 8.98 Å². The molecule has 0 bridgehead atoms. The lowest BCUT2D eigenvalue weighted by Gasteiger charge is -1.79. The van der Waals surface area contributed by atoms with Gasteiger partial charge in [-0.2, -0.15) is 0 Å². The van der Waals surface area contributed by atoms with Gasteiger partial charge >= 0.3 is 0 Å². The van der Waals surface area contributed by atoms with Crippen LogP contribution in [0.25, 0.3) is 0 Å². The van der Waals surface area contributed by atoms with Crippen molar-refractivity contribution < 1.29 is 8.98 Å². The van der Waals surface area contributed by atoms with Gasteiger partial charge < -0.3 is 4.42 Å². The molecule has 50 valence electrons. The second-order valence-corrected chi connectivity index (χ2v) is 1.66. The van der Waals surface area contributed by atoms with Crippen molar-refractivity contribution in [3.8, 4) is 0 Å². The molecule has 1 aromatic rings. The van der Waals surface area contributed by atoms with Crippen LogP contribution in [0.3, 0.4) is 0 Å². The highest BCUT2D eigenvalue weighted by Gasteiger charge is 1.88. The zero-order valence-electron chi connectivity index (χ0n) is 5.47. The van der Waals surface area contributed by atoms with Crippen molar-refractivity contribution in [2.75, 3.05) is 0 Å². The van der Waals surface area contributed by atoms with E-state index in [1.807, 2.05) is 19.9 Å². The van der Waals surface area contributed by atoms with Crippen LogP contribution in [0.15, 0.2) is 16.7 Å². The van der Waals surface area contributed by atoms with Crippen molar-refractivity contribution in [3.63, 3.8) is 0 Å². The third-order valence-electron chi connectivity index (χ3n) is 1.12. The molecule has 1 rings (SSSR count). The van der Waals surface area contributed by atoms with E-state index in [0.717, 1.165) is 5.76 Å². The maximum absolute atomic E-state index is 8.06. The first kappa shape index (κ1) is 8.38. The van der Waals surface area contributed by atoms with Gasteiger partial charge in [-0.05, 0) is 25.5 Å². The van der Waals surface area contributed by atoms with Crippen LogP contribution in [0, 0.1) is 13.8 Å². The average Bonchev–Trinajstić information content (AvgIpc) is 2.23. The molecule has 1 aromatic heterocycles. The van der Waals surface area contributed by atoms with E-state index in [2.05, 4.69) is 0 Å². The van der Waals surface area contributed by atoms with Crippen LogP contribution in [-0.2, 0) is 4.57 Å². The van der Waals surface area contributed by atoms with Crippen LogP contribution >= 0.6 is 9.12 Å². The van der Waals surface area contributed by atoms with Crippen LogP contribution in [-0.4, -0.2) is 0 Å². The first-order chi connectivity index (χ1) is 4.30. The van der Waals surface area contributed by atoms with Crippen molar-refractivity contribution >= 4 is 9.12 Å². The Labute approximate surface area is 56.5 Å². The lowest BCUT2D eigenvalue weighted by molar-refractivity contribution is 0.532. The lowest BCUT2D eigenvalue weighted by atomic mass is 10.3. The van der Waals surface area contributed by atoms with E-state index in [9.17, 15) is 0 Å². The maximum atomic E-state index is 8.06. The van der Waals surface area contributed by atoms with Gasteiger partial charge in [0.05, 0.1) is 6.26 Å². The summed E-state index contributed by atoms with van der Waals surface area (Å²) < 4.78 is 13.0. The Morgan fingerprint density at radius 1 is 1.44 bits per heavy atom. The summed E-state index contributed by atoms with van der Waals surface area (Å²) in [6.45, 7) is 3.98. The summed E-state index contributed by atoms with van der Waals surface area (Å²) in [5, 5.41) is 0. The van der Waals surface area contributed by atoms with E-state index < -0.39 is 0 Å². The Morgan fingerprint density at radius 3 is 2.11 bits per heavy atom. The van der Waals surface area contributed by atoms with Gasteiger partial charge in [-0.3, -0.25) is 4.57 Å². The van der Waals surface area contributed by atoms with Crippen LogP contribution in [0.2, 0.25) is 0 Å². The van der Waals surface area contributed by atoms with Gasteiger partial charge in [-0.15, -0.1) is 0 Å². The zero-order chi connectivity index (χ0) is 7.28. The third-order valence-corrected chi connectivity index (χ3v) is 1.12. The fourth-order valence-electron chi connectivity index (χ4n) is 0.448. The molecule has 0 radical (unpaired) electrons. The van der Waals surface area contributed by atoms with Crippen LogP contribution in [0.4, 0.5) is 0 Å². The molecular weight excluding hydrogens is 135 g/mol. The minimum Gasteiger partial charge on any atom is -0.469 e. The van der Waals surface area contributed by atoms with Crippen molar-refractivity contribution in [3.05, 3.63) is 23.7 Å². The first-order valence-electron chi connectivity index (χ1n) is 2.52. The van der Waals surface area contributed by atoms with Gasteiger partial charge in [-0.25, -0.2) is 0 Å². The maximum Gasteiger partial charge on any atom is 0.138 e. The molecule has 0 atom stereocenters. The summed E-state index contributed by atoms with van der Waals surface area (Å²) in [6, 6.07) is 1.95. The highest BCUT2D eigenvalue weighted by atomic mass is 31.0. The summed E-state index contributed by atoms with van der Waals surface area (Å²) in [6.07, 6.45) is 1.70. The summed E-state index contributed by atoms with van der Waals surface area (Å²) >= 11 is 0. The van der Waals surface area contributed by atoms with Crippen LogP contribution in [0.1, 0.15) is 11.3 Å². The quantitative estimate of drug-likeness (QED) is 0.523. The molecule has 9 heavy (non-hydrogen) atoms. The topological polar surface area (TPSA) is 30.2 Å². The highest BCUT2D eigenvalue weighted by Crippen LogP contribution is 2.04. The Kier molecular flexibility index (Phi) is 3.98. The second-order valence-electron chi connectivity index (χ2n) is 1.66. The van der Waals surface area contributed by atoms with Crippen molar-refractivity contribution in [1.29, 1.82) is 0 Å². The molecule has 0 saturated carbocycles. The largest absolute Gasteiger partial charge is 0.469 e. The normalized spacial score (nSPS) is 7.78. The monoisotopic (exact) mass is 144 g/mol. The number of rotatable bonds is 0. The summed E-state index contributed by atoms with van der Waals surface area (Å²) in [7, 11) is 1.72. The third kappa shape index (κ3) is 2.43. The Morgan fingerprint density at radius 2 is 2.00 bits per heavy atom. The van der Waals surface area contributed by atoms with E-state index in [0.29, 0.717) is 0 Å². The molecule has 0 aliphatic carbocycles. The molecule has 2 nitrogen and oxygen atoms in total. The fraction of sp³-hybridized carbons (Fsp3) is 0.333. The Hall–Kier alpha value is -0.620. The molecule has 0 aromatic carbocycles. The van der Waals surface area contributed by atoms with Gasteiger partial charge in [0.15, 0.2) is 0 Å². The molecule has 0 aliphatic heterocycles. The van der Waals surface area contributed by atoms with Crippen molar-refractivity contribution in [1.82, 2.24) is 0 Å².